The van der Waals surface area contributed by atoms with E-state index >= 15 is 0 Å². The van der Waals surface area contributed by atoms with E-state index in [1.54, 1.807) is 0 Å². The molecule has 0 aliphatic heterocycles. The number of hydrogen-bond acceptors (Lipinski definition) is 3. The van der Waals surface area contributed by atoms with Crippen LogP contribution in [0.25, 0.3) is 0 Å². The molecule has 66 heavy (non-hydrogen) atoms. The summed E-state index contributed by atoms with van der Waals surface area (Å²) in [5.41, 5.74) is 0. The molecule has 0 unspecified atom stereocenters. The quantitative estimate of drug-likeness (QED) is 0.0611. The predicted molar refractivity (Wildman–Crippen MR) is 297 cm³/mol. The van der Waals surface area contributed by atoms with Gasteiger partial charge in [0.05, 0.1) is 0 Å². The Balaban J connectivity index is 1.91. The lowest BCUT2D eigenvalue weighted by molar-refractivity contribution is 0.514. The van der Waals surface area contributed by atoms with Gasteiger partial charge in [-0.2, -0.15) is 0 Å². The summed E-state index contributed by atoms with van der Waals surface area (Å²) in [5, 5.41) is 0. The number of aromatic nitrogens is 3. The second-order valence-electron chi connectivity index (χ2n) is 21.9. The van der Waals surface area contributed by atoms with E-state index in [0.29, 0.717) is 0 Å². The molecule has 1 aromatic heterocycles. The van der Waals surface area contributed by atoms with Crippen LogP contribution < -0.4 is 0 Å². The van der Waals surface area contributed by atoms with E-state index in [0.717, 1.165) is 36.7 Å². The van der Waals surface area contributed by atoms with Gasteiger partial charge in [-0.3, -0.25) is 0 Å². The Bertz CT molecular complexity index is 964. The molecule has 0 N–H and O–H groups in total. The van der Waals surface area contributed by atoms with E-state index in [2.05, 4.69) is 20.8 Å². The molecule has 0 spiro atoms. The van der Waals surface area contributed by atoms with Crippen molar-refractivity contribution in [2.75, 3.05) is 0 Å². The van der Waals surface area contributed by atoms with Gasteiger partial charge >= 0.3 is 0 Å². The third kappa shape index (κ3) is 48.1. The molecular formula is C63H123N3. The van der Waals surface area contributed by atoms with E-state index < -0.39 is 0 Å². The van der Waals surface area contributed by atoms with Crippen LogP contribution in [0.2, 0.25) is 0 Å². The molecule has 0 atom stereocenters. The van der Waals surface area contributed by atoms with Crippen molar-refractivity contribution < 1.29 is 0 Å². The average Bonchev–Trinajstić information content (AvgIpc) is 3.33. The minimum atomic E-state index is 1.01. The maximum Gasteiger partial charge on any atom is 0.132 e. The van der Waals surface area contributed by atoms with E-state index in [9.17, 15) is 0 Å². The van der Waals surface area contributed by atoms with Gasteiger partial charge < -0.3 is 0 Å². The Morgan fingerprint density at radius 1 is 0.152 bits per heavy atom. The normalized spacial score (nSPS) is 11.7. The van der Waals surface area contributed by atoms with Gasteiger partial charge in [-0.15, -0.1) is 0 Å². The molecule has 390 valence electrons. The molecule has 3 heteroatoms. The van der Waals surface area contributed by atoms with Crippen molar-refractivity contribution in [1.82, 2.24) is 15.0 Å². The second-order valence-corrected chi connectivity index (χ2v) is 21.9. The molecule has 0 bridgehead atoms. The zero-order valence-corrected chi connectivity index (χ0v) is 46.1. The Morgan fingerprint density at radius 2 is 0.273 bits per heavy atom. The monoisotopic (exact) mass is 922 g/mol. The highest BCUT2D eigenvalue weighted by Gasteiger charge is 2.08. The smallest absolute Gasteiger partial charge is 0.132 e. The van der Waals surface area contributed by atoms with Gasteiger partial charge in [0.2, 0.25) is 0 Å². The zero-order valence-electron chi connectivity index (χ0n) is 46.1. The van der Waals surface area contributed by atoms with Gasteiger partial charge in [-0.1, -0.05) is 348 Å². The molecule has 1 rings (SSSR count). The Kier molecular flexibility index (Phi) is 52.5. The van der Waals surface area contributed by atoms with Crippen molar-refractivity contribution in [2.24, 2.45) is 0 Å². The molecular weight excluding hydrogens is 799 g/mol. The molecule has 0 saturated carbocycles. The summed E-state index contributed by atoms with van der Waals surface area (Å²) in [7, 11) is 0. The molecule has 0 aromatic carbocycles. The number of aryl methyl sites for hydroxylation is 3. The number of unbranched alkanes of at least 4 members (excludes halogenated alkanes) is 51. The number of hydrogen-bond donors (Lipinski definition) is 0. The Hall–Kier alpha value is -0.990. The topological polar surface area (TPSA) is 38.7 Å². The van der Waals surface area contributed by atoms with Crippen molar-refractivity contribution in [3.05, 3.63) is 17.5 Å². The summed E-state index contributed by atoms with van der Waals surface area (Å²) in [6.07, 6.45) is 80.6. The first-order valence-corrected chi connectivity index (χ1v) is 31.5. The standard InChI is InChI=1S/C63H123N3/c1-4-7-10-12-14-16-18-20-22-24-26-28-30-32-34-36-38-40-42-44-46-48-50-52-54-56-59-62-64-61(58-9-6-3)65-63(66-62)60-57-55-53-51-49-47-45-43-41-39-37-35-33-31-29-27-25-23-21-19-17-15-13-11-8-5-2/h4-60H2,1-3H3. The van der Waals surface area contributed by atoms with Crippen LogP contribution in [-0.2, 0) is 19.3 Å². The Labute approximate surface area is 417 Å². The van der Waals surface area contributed by atoms with Crippen molar-refractivity contribution in [2.45, 2.75) is 387 Å². The molecule has 0 radical (unpaired) electrons. The van der Waals surface area contributed by atoms with E-state index in [1.165, 1.54) is 347 Å². The van der Waals surface area contributed by atoms with Crippen LogP contribution in [0.3, 0.4) is 0 Å². The van der Waals surface area contributed by atoms with Crippen molar-refractivity contribution in [3.63, 3.8) is 0 Å². The summed E-state index contributed by atoms with van der Waals surface area (Å²) in [5.74, 6) is 3.21. The predicted octanol–water partition coefficient (Wildman–Crippen LogP) is 22.6. The summed E-state index contributed by atoms with van der Waals surface area (Å²) in [6, 6.07) is 0. The largest absolute Gasteiger partial charge is 0.218 e. The van der Waals surface area contributed by atoms with Gasteiger partial charge in [0.25, 0.3) is 0 Å². The van der Waals surface area contributed by atoms with E-state index in [1.807, 2.05) is 0 Å². The minimum absolute atomic E-state index is 1.01. The zero-order chi connectivity index (χ0) is 47.2. The fraction of sp³-hybridized carbons (Fsp3) is 0.952. The fourth-order valence-electron chi connectivity index (χ4n) is 10.4. The lowest BCUT2D eigenvalue weighted by atomic mass is 10.0. The van der Waals surface area contributed by atoms with E-state index in [-0.39, 0.29) is 0 Å². The van der Waals surface area contributed by atoms with Crippen LogP contribution in [0.4, 0.5) is 0 Å². The third-order valence-electron chi connectivity index (χ3n) is 15.0. The lowest BCUT2D eigenvalue weighted by Gasteiger charge is -2.08. The number of nitrogens with zero attached hydrogens (tertiary/aromatic N) is 3. The van der Waals surface area contributed by atoms with Crippen LogP contribution in [0.5, 0.6) is 0 Å². The summed E-state index contributed by atoms with van der Waals surface area (Å²) in [4.78, 5) is 14.8. The fourth-order valence-corrected chi connectivity index (χ4v) is 10.4. The van der Waals surface area contributed by atoms with Crippen molar-refractivity contribution >= 4 is 0 Å². The highest BCUT2D eigenvalue weighted by Crippen LogP contribution is 2.19. The van der Waals surface area contributed by atoms with Crippen molar-refractivity contribution in [3.8, 4) is 0 Å². The molecule has 0 aliphatic carbocycles. The van der Waals surface area contributed by atoms with Gasteiger partial charge in [-0.05, 0) is 19.3 Å². The maximum atomic E-state index is 4.98. The molecule has 0 saturated heterocycles. The molecule has 1 aromatic rings. The second kappa shape index (κ2) is 54.9. The van der Waals surface area contributed by atoms with Crippen LogP contribution in [-0.4, -0.2) is 15.0 Å². The van der Waals surface area contributed by atoms with E-state index in [4.69, 9.17) is 15.0 Å². The number of rotatable bonds is 57. The van der Waals surface area contributed by atoms with Crippen LogP contribution in [0.1, 0.15) is 385 Å². The first-order chi connectivity index (χ1) is 32.8. The maximum absolute atomic E-state index is 4.98. The molecule has 0 aliphatic rings. The third-order valence-corrected chi connectivity index (χ3v) is 15.0. The molecule has 1 heterocycles. The minimum Gasteiger partial charge on any atom is -0.218 e. The van der Waals surface area contributed by atoms with Gasteiger partial charge in [0.15, 0.2) is 0 Å². The molecule has 3 nitrogen and oxygen atoms in total. The molecule has 0 amide bonds. The van der Waals surface area contributed by atoms with Crippen molar-refractivity contribution in [1.29, 1.82) is 0 Å². The molecule has 0 fully saturated rings. The first-order valence-electron chi connectivity index (χ1n) is 31.5. The van der Waals surface area contributed by atoms with Crippen LogP contribution in [0, 0.1) is 0 Å². The van der Waals surface area contributed by atoms with Gasteiger partial charge in [0.1, 0.15) is 17.5 Å². The van der Waals surface area contributed by atoms with Gasteiger partial charge in [-0.25, -0.2) is 15.0 Å². The first kappa shape index (κ1) is 63.0. The lowest BCUT2D eigenvalue weighted by Crippen LogP contribution is -2.08. The highest BCUT2D eigenvalue weighted by atomic mass is 15.0. The summed E-state index contributed by atoms with van der Waals surface area (Å²) in [6.45, 7) is 6.89. The SMILES string of the molecule is CCCCCCCCCCCCCCCCCCCCCCCCCCCCc1nc(CCCC)nc(CCCCCCCCCCCCCCCCCCCCCCCCCCCC)n1. The summed E-state index contributed by atoms with van der Waals surface area (Å²) < 4.78 is 0. The average molecular weight is 923 g/mol. The van der Waals surface area contributed by atoms with Crippen LogP contribution >= 0.6 is 0 Å². The summed E-state index contributed by atoms with van der Waals surface area (Å²) >= 11 is 0. The van der Waals surface area contributed by atoms with Gasteiger partial charge in [0, 0.05) is 19.3 Å². The highest BCUT2D eigenvalue weighted by molar-refractivity contribution is 4.99. The Morgan fingerprint density at radius 3 is 0.424 bits per heavy atom. The van der Waals surface area contributed by atoms with Crippen LogP contribution in [0.15, 0.2) is 0 Å².